The van der Waals surface area contributed by atoms with E-state index in [4.69, 9.17) is 5.73 Å². The third kappa shape index (κ3) is 6.06. The zero-order chi connectivity index (χ0) is 26.6. The van der Waals surface area contributed by atoms with Gasteiger partial charge in [0.05, 0.1) is 5.54 Å². The summed E-state index contributed by atoms with van der Waals surface area (Å²) in [5.74, 6) is -0.607. The molecule has 192 valence electrons. The Hall–Kier alpha value is -3.97. The van der Waals surface area contributed by atoms with Gasteiger partial charge in [0.2, 0.25) is 11.8 Å². The van der Waals surface area contributed by atoms with Gasteiger partial charge in [0.25, 0.3) is 5.91 Å². The normalized spacial score (nSPS) is 15.5. The Morgan fingerprint density at radius 2 is 1.62 bits per heavy atom. The van der Waals surface area contributed by atoms with E-state index in [0.717, 1.165) is 27.8 Å². The first-order valence-electron chi connectivity index (χ1n) is 12.6. The lowest BCUT2D eigenvalue weighted by Gasteiger charge is -2.27. The molecular weight excluding hydrogens is 464 g/mol. The van der Waals surface area contributed by atoms with E-state index in [1.165, 1.54) is 0 Å². The van der Waals surface area contributed by atoms with Crippen LogP contribution >= 0.6 is 0 Å². The Labute approximate surface area is 218 Å². The van der Waals surface area contributed by atoms with Crippen LogP contribution in [0.5, 0.6) is 0 Å². The van der Waals surface area contributed by atoms with Gasteiger partial charge in [-0.2, -0.15) is 0 Å². The second-order valence-corrected chi connectivity index (χ2v) is 10.0. The quantitative estimate of drug-likeness (QED) is 0.464. The van der Waals surface area contributed by atoms with E-state index in [2.05, 4.69) is 10.6 Å². The number of hydrogen-bond donors (Lipinski definition) is 3. The lowest BCUT2D eigenvalue weighted by Crippen LogP contribution is -2.56. The minimum Gasteiger partial charge on any atom is -0.352 e. The number of rotatable bonds is 7. The maximum Gasteiger partial charge on any atom is 0.251 e. The van der Waals surface area contributed by atoms with Crippen LogP contribution in [0.4, 0.5) is 0 Å². The third-order valence-corrected chi connectivity index (χ3v) is 6.55. The maximum absolute atomic E-state index is 13.6. The molecule has 0 fully saturated rings. The van der Waals surface area contributed by atoms with Crippen LogP contribution in [0.3, 0.4) is 0 Å². The fourth-order valence-corrected chi connectivity index (χ4v) is 4.51. The molecule has 0 spiro atoms. The number of benzene rings is 3. The van der Waals surface area contributed by atoms with E-state index < -0.39 is 11.6 Å². The number of hydrogen-bond acceptors (Lipinski definition) is 4. The Balaban J connectivity index is 1.58. The molecule has 0 aliphatic carbocycles. The lowest BCUT2D eigenvalue weighted by atomic mass is 9.98. The summed E-state index contributed by atoms with van der Waals surface area (Å²) in [6, 6.07) is 22.7. The summed E-state index contributed by atoms with van der Waals surface area (Å²) in [7, 11) is 0. The number of carbonyl (C=O) groups is 3. The van der Waals surface area contributed by atoms with Crippen LogP contribution < -0.4 is 16.4 Å². The second kappa shape index (κ2) is 11.0. The molecule has 0 saturated heterocycles. The minimum absolute atomic E-state index is 0.107. The van der Waals surface area contributed by atoms with Crippen molar-refractivity contribution in [2.24, 2.45) is 5.73 Å². The molecule has 7 heteroatoms. The van der Waals surface area contributed by atoms with Crippen LogP contribution in [0.2, 0.25) is 0 Å². The van der Waals surface area contributed by atoms with Crippen LogP contribution in [0.15, 0.2) is 72.8 Å². The van der Waals surface area contributed by atoms with Gasteiger partial charge in [0.15, 0.2) is 0 Å². The number of carbonyl (C=O) groups excluding carboxylic acids is 3. The molecule has 1 heterocycles. The summed E-state index contributed by atoms with van der Waals surface area (Å²) in [6.07, 6.45) is 0.420. The van der Waals surface area contributed by atoms with E-state index in [1.54, 1.807) is 18.7 Å². The number of fused-ring (bicyclic) bond motifs is 1. The molecule has 0 bridgehead atoms. The minimum atomic E-state index is -1.09. The number of amides is 3. The van der Waals surface area contributed by atoms with Gasteiger partial charge in [0.1, 0.15) is 6.04 Å². The smallest absolute Gasteiger partial charge is 0.251 e. The summed E-state index contributed by atoms with van der Waals surface area (Å²) in [5, 5.41) is 5.73. The van der Waals surface area contributed by atoms with Crippen LogP contribution in [-0.4, -0.2) is 40.7 Å². The first kappa shape index (κ1) is 26.1. The van der Waals surface area contributed by atoms with Crippen LogP contribution in [0.1, 0.15) is 47.8 Å². The SMILES string of the molecule is CCNC(=O)c1ccccc1-c1ccc(CN2Cc3ccccc3C[C@@H](NC(=O)C(C)(C)N)C2=O)cc1. The van der Waals surface area contributed by atoms with E-state index >= 15 is 0 Å². The molecule has 1 aliphatic heterocycles. The highest BCUT2D eigenvalue weighted by Crippen LogP contribution is 2.26. The van der Waals surface area contributed by atoms with Crippen LogP contribution in [0, 0.1) is 0 Å². The highest BCUT2D eigenvalue weighted by molar-refractivity contribution is 6.00. The maximum atomic E-state index is 13.6. The van der Waals surface area contributed by atoms with Crippen molar-refractivity contribution < 1.29 is 14.4 Å². The summed E-state index contributed by atoms with van der Waals surface area (Å²) in [4.78, 5) is 40.5. The van der Waals surface area contributed by atoms with E-state index in [0.29, 0.717) is 31.6 Å². The average molecular weight is 499 g/mol. The van der Waals surface area contributed by atoms with Crippen molar-refractivity contribution in [2.75, 3.05) is 6.54 Å². The first-order chi connectivity index (χ1) is 17.7. The van der Waals surface area contributed by atoms with E-state index in [-0.39, 0.29) is 17.7 Å². The average Bonchev–Trinajstić information content (AvgIpc) is 3.00. The highest BCUT2D eigenvalue weighted by atomic mass is 16.2. The van der Waals surface area contributed by atoms with Crippen molar-refractivity contribution in [3.63, 3.8) is 0 Å². The number of nitrogens with two attached hydrogens (primary N) is 1. The molecule has 1 aliphatic rings. The predicted octanol–water partition coefficient (Wildman–Crippen LogP) is 3.41. The fourth-order valence-electron chi connectivity index (χ4n) is 4.51. The second-order valence-electron chi connectivity index (χ2n) is 10.0. The molecule has 0 aromatic heterocycles. The Morgan fingerprint density at radius 1 is 0.973 bits per heavy atom. The molecule has 3 aromatic rings. The first-order valence-corrected chi connectivity index (χ1v) is 12.6. The third-order valence-electron chi connectivity index (χ3n) is 6.55. The van der Waals surface area contributed by atoms with E-state index in [9.17, 15) is 14.4 Å². The lowest BCUT2D eigenvalue weighted by molar-refractivity contribution is -0.138. The van der Waals surface area contributed by atoms with Gasteiger partial charge in [-0.05, 0) is 54.7 Å². The monoisotopic (exact) mass is 498 g/mol. The largest absolute Gasteiger partial charge is 0.352 e. The summed E-state index contributed by atoms with van der Waals surface area (Å²) >= 11 is 0. The van der Waals surface area contributed by atoms with Gasteiger partial charge in [-0.15, -0.1) is 0 Å². The van der Waals surface area contributed by atoms with Gasteiger partial charge in [-0.1, -0.05) is 66.7 Å². The van der Waals surface area contributed by atoms with Gasteiger partial charge in [-0.3, -0.25) is 14.4 Å². The van der Waals surface area contributed by atoms with Crippen molar-refractivity contribution >= 4 is 17.7 Å². The molecule has 3 amide bonds. The molecule has 1 atom stereocenters. The Kier molecular flexibility index (Phi) is 7.74. The highest BCUT2D eigenvalue weighted by Gasteiger charge is 2.33. The van der Waals surface area contributed by atoms with Gasteiger partial charge in [0, 0.05) is 31.6 Å². The summed E-state index contributed by atoms with van der Waals surface area (Å²) < 4.78 is 0. The molecule has 37 heavy (non-hydrogen) atoms. The molecule has 4 rings (SSSR count). The summed E-state index contributed by atoms with van der Waals surface area (Å²) in [6.45, 7) is 6.55. The number of nitrogens with one attached hydrogen (secondary N) is 2. The molecule has 0 saturated carbocycles. The van der Waals surface area contributed by atoms with Gasteiger partial charge >= 0.3 is 0 Å². The molecular formula is C30H34N4O3. The topological polar surface area (TPSA) is 105 Å². The zero-order valence-electron chi connectivity index (χ0n) is 21.6. The van der Waals surface area contributed by atoms with Crippen molar-refractivity contribution in [1.82, 2.24) is 15.5 Å². The van der Waals surface area contributed by atoms with Crippen molar-refractivity contribution in [3.8, 4) is 11.1 Å². The Morgan fingerprint density at radius 3 is 2.30 bits per heavy atom. The number of nitrogens with zero attached hydrogens (tertiary/aromatic N) is 1. The predicted molar refractivity (Wildman–Crippen MR) is 144 cm³/mol. The zero-order valence-corrected chi connectivity index (χ0v) is 21.6. The molecule has 0 radical (unpaired) electrons. The molecule has 0 unspecified atom stereocenters. The van der Waals surface area contributed by atoms with Crippen molar-refractivity contribution in [3.05, 3.63) is 95.1 Å². The van der Waals surface area contributed by atoms with Crippen molar-refractivity contribution in [1.29, 1.82) is 0 Å². The summed E-state index contributed by atoms with van der Waals surface area (Å²) in [5.41, 5.74) is 10.3. The fraction of sp³-hybridized carbons (Fsp3) is 0.300. The molecule has 7 nitrogen and oxygen atoms in total. The Bertz CT molecular complexity index is 1290. The van der Waals surface area contributed by atoms with Crippen LogP contribution in [0.25, 0.3) is 11.1 Å². The standard InChI is InChI=1S/C30H34N4O3/c1-4-32-27(35)25-12-8-7-11-24(25)21-15-13-20(14-16-21)18-34-19-23-10-6-5-9-22(23)17-26(28(34)36)33-29(37)30(2,3)31/h5-16,26H,4,17-19,31H2,1-3H3,(H,32,35)(H,33,37)/t26-/m1/s1. The van der Waals surface area contributed by atoms with E-state index in [1.807, 2.05) is 79.7 Å². The van der Waals surface area contributed by atoms with Crippen LogP contribution in [-0.2, 0) is 29.1 Å². The molecule has 3 aromatic carbocycles. The van der Waals surface area contributed by atoms with Crippen molar-refractivity contribution in [2.45, 2.75) is 51.9 Å². The van der Waals surface area contributed by atoms with Gasteiger partial charge in [-0.25, -0.2) is 0 Å². The van der Waals surface area contributed by atoms with Gasteiger partial charge < -0.3 is 21.3 Å². The molecule has 4 N–H and O–H groups in total.